The van der Waals surface area contributed by atoms with Gasteiger partial charge >= 0.3 is 0 Å². The molecule has 0 unspecified atom stereocenters. The van der Waals surface area contributed by atoms with Crippen LogP contribution < -0.4 is 5.32 Å². The lowest BCUT2D eigenvalue weighted by Gasteiger charge is -2.34. The zero-order valence-corrected chi connectivity index (χ0v) is 15.2. The number of Topliss-reactive ketones (excluding diaryl/α,β-unsaturated/α-hetero) is 1. The van der Waals surface area contributed by atoms with Gasteiger partial charge in [-0.1, -0.05) is 24.6 Å². The van der Waals surface area contributed by atoms with Crippen molar-refractivity contribution in [3.8, 4) is 0 Å². The maximum absolute atomic E-state index is 12.7. The molecule has 1 N–H and O–H groups in total. The van der Waals surface area contributed by atoms with Gasteiger partial charge in [0.25, 0.3) is 0 Å². The Morgan fingerprint density at radius 1 is 1.17 bits per heavy atom. The van der Waals surface area contributed by atoms with Crippen LogP contribution in [0.1, 0.15) is 60.5 Å². The number of carbonyl (C=O) groups is 2. The van der Waals surface area contributed by atoms with Crippen LogP contribution in [-0.2, 0) is 4.79 Å². The molecule has 0 atom stereocenters. The second-order valence-electron chi connectivity index (χ2n) is 6.81. The van der Waals surface area contributed by atoms with E-state index in [9.17, 15) is 9.59 Å². The monoisotopic (exact) mass is 330 g/mol. The molecule has 1 saturated heterocycles. The summed E-state index contributed by atoms with van der Waals surface area (Å²) in [5.41, 5.74) is 2.83. The Hall–Kier alpha value is -1.68. The van der Waals surface area contributed by atoms with Gasteiger partial charge in [0, 0.05) is 31.0 Å². The lowest BCUT2D eigenvalue weighted by Crippen LogP contribution is -2.46. The fourth-order valence-electron chi connectivity index (χ4n) is 3.41. The van der Waals surface area contributed by atoms with Crippen molar-refractivity contribution in [2.45, 2.75) is 58.9 Å². The first-order valence-corrected chi connectivity index (χ1v) is 9.13. The van der Waals surface area contributed by atoms with E-state index in [0.29, 0.717) is 18.9 Å². The fourth-order valence-corrected chi connectivity index (χ4v) is 3.41. The van der Waals surface area contributed by atoms with Crippen LogP contribution in [-0.4, -0.2) is 42.3 Å². The number of carbonyl (C=O) groups excluding carboxylic acids is 2. The van der Waals surface area contributed by atoms with Crippen molar-refractivity contribution in [2.24, 2.45) is 0 Å². The third kappa shape index (κ3) is 4.91. The van der Waals surface area contributed by atoms with Crippen LogP contribution in [0.4, 0.5) is 0 Å². The molecule has 1 amide bonds. The van der Waals surface area contributed by atoms with E-state index in [4.69, 9.17) is 0 Å². The van der Waals surface area contributed by atoms with Crippen LogP contribution in [0.25, 0.3) is 0 Å². The van der Waals surface area contributed by atoms with E-state index in [2.05, 4.69) is 12.2 Å². The smallest absolute Gasteiger partial charge is 0.223 e. The zero-order valence-electron chi connectivity index (χ0n) is 15.2. The van der Waals surface area contributed by atoms with E-state index < -0.39 is 0 Å². The number of nitrogens with zero attached hydrogens (tertiary/aromatic N) is 1. The topological polar surface area (TPSA) is 49.4 Å². The molecule has 1 aromatic carbocycles. The minimum Gasteiger partial charge on any atom is -0.340 e. The van der Waals surface area contributed by atoms with Crippen molar-refractivity contribution in [3.63, 3.8) is 0 Å². The van der Waals surface area contributed by atoms with Crippen molar-refractivity contribution in [2.75, 3.05) is 19.6 Å². The second-order valence-corrected chi connectivity index (χ2v) is 6.81. The molecule has 1 fully saturated rings. The Bertz CT molecular complexity index is 577. The first-order valence-electron chi connectivity index (χ1n) is 9.13. The first kappa shape index (κ1) is 18.7. The molecule has 0 radical (unpaired) electrons. The highest BCUT2D eigenvalue weighted by Gasteiger charge is 2.25. The highest BCUT2D eigenvalue weighted by Crippen LogP contribution is 2.17. The fraction of sp³-hybridized carbons (Fsp3) is 0.600. The quantitative estimate of drug-likeness (QED) is 0.781. The van der Waals surface area contributed by atoms with Gasteiger partial charge in [0.05, 0.1) is 0 Å². The number of hydrogen-bond donors (Lipinski definition) is 1. The van der Waals surface area contributed by atoms with E-state index in [0.717, 1.165) is 55.6 Å². The predicted octanol–water partition coefficient (Wildman–Crippen LogP) is 3.26. The van der Waals surface area contributed by atoms with Crippen molar-refractivity contribution >= 4 is 11.7 Å². The van der Waals surface area contributed by atoms with E-state index in [-0.39, 0.29) is 11.7 Å². The molecule has 0 bridgehead atoms. The highest BCUT2D eigenvalue weighted by atomic mass is 16.2. The zero-order chi connectivity index (χ0) is 17.5. The van der Waals surface area contributed by atoms with Gasteiger partial charge in [-0.05, 0) is 57.8 Å². The molecule has 1 heterocycles. The lowest BCUT2D eigenvalue weighted by atomic mass is 9.98. The van der Waals surface area contributed by atoms with Gasteiger partial charge in [0.15, 0.2) is 5.78 Å². The average molecular weight is 330 g/mol. The van der Waals surface area contributed by atoms with Gasteiger partial charge in [0.2, 0.25) is 5.91 Å². The number of nitrogens with one attached hydrogen (secondary N) is 1. The van der Waals surface area contributed by atoms with Crippen LogP contribution in [0.2, 0.25) is 0 Å². The molecular weight excluding hydrogens is 300 g/mol. The lowest BCUT2D eigenvalue weighted by molar-refractivity contribution is -0.134. The molecule has 2 rings (SSSR count). The van der Waals surface area contributed by atoms with Crippen LogP contribution in [0.15, 0.2) is 18.2 Å². The maximum Gasteiger partial charge on any atom is 0.223 e. The van der Waals surface area contributed by atoms with Gasteiger partial charge in [-0.2, -0.15) is 0 Å². The molecule has 132 valence electrons. The van der Waals surface area contributed by atoms with E-state index >= 15 is 0 Å². The number of piperidine rings is 1. The van der Waals surface area contributed by atoms with Crippen LogP contribution in [0, 0.1) is 13.8 Å². The van der Waals surface area contributed by atoms with Gasteiger partial charge in [0.1, 0.15) is 0 Å². The van der Waals surface area contributed by atoms with Gasteiger partial charge < -0.3 is 10.2 Å². The summed E-state index contributed by atoms with van der Waals surface area (Å²) in [5.74, 6) is 0.203. The molecule has 1 aliphatic heterocycles. The Morgan fingerprint density at radius 2 is 1.88 bits per heavy atom. The summed E-state index contributed by atoms with van der Waals surface area (Å²) in [5, 5.41) is 3.34. The summed E-state index contributed by atoms with van der Waals surface area (Å²) in [7, 11) is 0. The molecule has 0 saturated carbocycles. The summed E-state index contributed by atoms with van der Waals surface area (Å²) in [6, 6.07) is 6.24. The molecule has 1 aliphatic rings. The van der Waals surface area contributed by atoms with E-state index in [1.807, 2.05) is 36.9 Å². The van der Waals surface area contributed by atoms with Crippen LogP contribution in [0.5, 0.6) is 0 Å². The molecule has 4 heteroatoms. The highest BCUT2D eigenvalue weighted by molar-refractivity contribution is 5.99. The van der Waals surface area contributed by atoms with Crippen molar-refractivity contribution in [1.29, 1.82) is 0 Å². The number of ketones is 1. The molecule has 4 nitrogen and oxygen atoms in total. The average Bonchev–Trinajstić information content (AvgIpc) is 2.60. The summed E-state index contributed by atoms with van der Waals surface area (Å²) in [4.78, 5) is 27.2. The minimum absolute atomic E-state index is 0.0753. The first-order chi connectivity index (χ1) is 11.5. The normalized spacial score (nSPS) is 15.3. The van der Waals surface area contributed by atoms with E-state index in [1.54, 1.807) is 0 Å². The van der Waals surface area contributed by atoms with Gasteiger partial charge in [-0.3, -0.25) is 9.59 Å². The molecule has 1 aromatic rings. The minimum atomic E-state index is 0.0753. The molecular formula is C20H30N2O2. The number of hydrogen-bond acceptors (Lipinski definition) is 3. The van der Waals surface area contributed by atoms with E-state index in [1.165, 1.54) is 0 Å². The number of aryl methyl sites for hydroxylation is 2. The summed E-state index contributed by atoms with van der Waals surface area (Å²) in [6.07, 6.45) is 3.60. The number of amides is 1. The molecule has 0 spiro atoms. The summed E-state index contributed by atoms with van der Waals surface area (Å²) in [6.45, 7) is 8.78. The Labute approximate surface area is 145 Å². The SMILES string of the molecule is CCCN(C(=O)CCC(=O)c1cc(C)ccc1C)C1CCNCC1. The number of rotatable bonds is 7. The third-order valence-corrected chi connectivity index (χ3v) is 4.79. The second kappa shape index (κ2) is 8.97. The summed E-state index contributed by atoms with van der Waals surface area (Å²) >= 11 is 0. The predicted molar refractivity (Wildman–Crippen MR) is 97.4 cm³/mol. The molecule has 0 aliphatic carbocycles. The molecule has 0 aromatic heterocycles. The van der Waals surface area contributed by atoms with Crippen LogP contribution in [0.3, 0.4) is 0 Å². The van der Waals surface area contributed by atoms with Crippen molar-refractivity contribution < 1.29 is 9.59 Å². The van der Waals surface area contributed by atoms with Crippen molar-refractivity contribution in [1.82, 2.24) is 10.2 Å². The van der Waals surface area contributed by atoms with Gasteiger partial charge in [-0.25, -0.2) is 0 Å². The Kier molecular flexibility index (Phi) is 6.98. The number of benzene rings is 1. The Morgan fingerprint density at radius 3 is 2.54 bits per heavy atom. The maximum atomic E-state index is 12.7. The summed E-state index contributed by atoms with van der Waals surface area (Å²) < 4.78 is 0. The van der Waals surface area contributed by atoms with Crippen molar-refractivity contribution in [3.05, 3.63) is 34.9 Å². The van der Waals surface area contributed by atoms with Crippen LogP contribution >= 0.6 is 0 Å². The molecule has 24 heavy (non-hydrogen) atoms. The Balaban J connectivity index is 1.96. The van der Waals surface area contributed by atoms with Gasteiger partial charge in [-0.15, -0.1) is 0 Å². The third-order valence-electron chi connectivity index (χ3n) is 4.79. The largest absolute Gasteiger partial charge is 0.340 e. The standard InChI is InChI=1S/C20H30N2O2/c1-4-13-22(17-9-11-21-12-10-17)20(24)8-7-19(23)18-14-15(2)5-6-16(18)3/h5-6,14,17,21H,4,7-13H2,1-3H3.